The highest BCUT2D eigenvalue weighted by Crippen LogP contribution is 2.35. The van der Waals surface area contributed by atoms with E-state index in [1.807, 2.05) is 0 Å². The lowest BCUT2D eigenvalue weighted by Gasteiger charge is -2.30. The standard InChI is InChI=1S/C14H19N3O/c1-2-16-12-4-3-11-8-14(6-5-10(11)7-12)9-18-13(15)17-14/h3-4,7,16H,2,5-6,8-9H2,1H3,(H2,15,17). The number of aliphatic imine (C=N–C) groups is 1. The Bertz CT molecular complexity index is 498. The largest absolute Gasteiger partial charge is 0.463 e. The van der Waals surface area contributed by atoms with E-state index in [-0.39, 0.29) is 5.54 Å². The molecule has 0 saturated heterocycles. The van der Waals surface area contributed by atoms with Gasteiger partial charge in [0, 0.05) is 18.7 Å². The van der Waals surface area contributed by atoms with Gasteiger partial charge in [-0.3, -0.25) is 0 Å². The van der Waals surface area contributed by atoms with Crippen molar-refractivity contribution >= 4 is 11.7 Å². The molecule has 1 unspecified atom stereocenters. The van der Waals surface area contributed by atoms with Crippen molar-refractivity contribution in [3.63, 3.8) is 0 Å². The van der Waals surface area contributed by atoms with Gasteiger partial charge in [0.1, 0.15) is 12.1 Å². The number of anilines is 1. The van der Waals surface area contributed by atoms with Crippen molar-refractivity contribution in [3.8, 4) is 0 Å². The molecule has 18 heavy (non-hydrogen) atoms. The van der Waals surface area contributed by atoms with E-state index in [1.165, 1.54) is 16.8 Å². The molecular formula is C14H19N3O. The fourth-order valence-electron chi connectivity index (χ4n) is 2.88. The van der Waals surface area contributed by atoms with E-state index in [0.29, 0.717) is 12.6 Å². The molecule has 96 valence electrons. The number of fused-ring (bicyclic) bond motifs is 1. The SMILES string of the molecule is CCNc1ccc2c(c1)CCC1(COC(N)=N1)C2. The lowest BCUT2D eigenvalue weighted by Crippen LogP contribution is -2.35. The van der Waals surface area contributed by atoms with Crippen LogP contribution in [0.1, 0.15) is 24.5 Å². The summed E-state index contributed by atoms with van der Waals surface area (Å²) in [6.45, 7) is 3.70. The van der Waals surface area contributed by atoms with Crippen LogP contribution in [-0.2, 0) is 17.6 Å². The minimum atomic E-state index is -0.100. The third-order valence-electron chi connectivity index (χ3n) is 3.80. The van der Waals surface area contributed by atoms with Gasteiger partial charge in [0.25, 0.3) is 6.02 Å². The van der Waals surface area contributed by atoms with Crippen LogP contribution in [0, 0.1) is 0 Å². The van der Waals surface area contributed by atoms with Gasteiger partial charge in [0.2, 0.25) is 0 Å². The van der Waals surface area contributed by atoms with Crippen LogP contribution >= 0.6 is 0 Å². The highest BCUT2D eigenvalue weighted by molar-refractivity contribution is 5.74. The Hall–Kier alpha value is -1.71. The topological polar surface area (TPSA) is 59.6 Å². The number of benzene rings is 1. The van der Waals surface area contributed by atoms with E-state index in [2.05, 4.69) is 35.4 Å². The first-order valence-corrected chi connectivity index (χ1v) is 6.55. The Kier molecular flexibility index (Phi) is 2.65. The number of aryl methyl sites for hydroxylation is 1. The van der Waals surface area contributed by atoms with Crippen molar-refractivity contribution < 1.29 is 4.74 Å². The van der Waals surface area contributed by atoms with E-state index in [9.17, 15) is 0 Å². The first kappa shape index (κ1) is 11.4. The molecule has 1 aliphatic carbocycles. The Morgan fingerprint density at radius 3 is 3.06 bits per heavy atom. The van der Waals surface area contributed by atoms with Crippen LogP contribution in [0.25, 0.3) is 0 Å². The van der Waals surface area contributed by atoms with Crippen LogP contribution in [0.15, 0.2) is 23.2 Å². The summed E-state index contributed by atoms with van der Waals surface area (Å²) in [5.41, 5.74) is 9.56. The van der Waals surface area contributed by atoms with Gasteiger partial charge < -0.3 is 15.8 Å². The van der Waals surface area contributed by atoms with E-state index in [0.717, 1.165) is 25.8 Å². The lowest BCUT2D eigenvalue weighted by molar-refractivity contribution is 0.235. The molecule has 0 saturated carbocycles. The molecule has 0 bridgehead atoms. The van der Waals surface area contributed by atoms with Crippen LogP contribution in [-0.4, -0.2) is 24.7 Å². The van der Waals surface area contributed by atoms with Gasteiger partial charge >= 0.3 is 0 Å². The minimum Gasteiger partial charge on any atom is -0.463 e. The number of ether oxygens (including phenoxy) is 1. The monoisotopic (exact) mass is 245 g/mol. The second-order valence-corrected chi connectivity index (χ2v) is 5.15. The number of nitrogens with zero attached hydrogens (tertiary/aromatic N) is 1. The van der Waals surface area contributed by atoms with E-state index < -0.39 is 0 Å². The molecule has 3 N–H and O–H groups in total. The molecule has 4 nitrogen and oxygen atoms in total. The highest BCUT2D eigenvalue weighted by Gasteiger charge is 2.39. The maximum atomic E-state index is 5.64. The Labute approximate surface area is 107 Å². The Balaban J connectivity index is 1.86. The molecule has 0 amide bonds. The number of hydrogen-bond donors (Lipinski definition) is 2. The van der Waals surface area contributed by atoms with Crippen LogP contribution < -0.4 is 11.1 Å². The lowest BCUT2D eigenvalue weighted by atomic mass is 9.79. The summed E-state index contributed by atoms with van der Waals surface area (Å²) >= 11 is 0. The molecule has 2 aliphatic rings. The molecule has 1 aromatic carbocycles. The number of nitrogens with one attached hydrogen (secondary N) is 1. The van der Waals surface area contributed by atoms with Gasteiger partial charge in [-0.15, -0.1) is 0 Å². The van der Waals surface area contributed by atoms with Crippen molar-refractivity contribution in [2.75, 3.05) is 18.5 Å². The van der Waals surface area contributed by atoms with Gasteiger partial charge in [-0.25, -0.2) is 4.99 Å². The summed E-state index contributed by atoms with van der Waals surface area (Å²) < 4.78 is 5.34. The normalized spacial score (nSPS) is 25.5. The third-order valence-corrected chi connectivity index (χ3v) is 3.80. The molecule has 1 aliphatic heterocycles. The van der Waals surface area contributed by atoms with E-state index in [4.69, 9.17) is 10.5 Å². The third kappa shape index (κ3) is 1.92. The van der Waals surface area contributed by atoms with Crippen molar-refractivity contribution in [1.82, 2.24) is 0 Å². The molecule has 0 fully saturated rings. The zero-order valence-corrected chi connectivity index (χ0v) is 10.7. The Morgan fingerprint density at radius 1 is 1.44 bits per heavy atom. The second kappa shape index (κ2) is 4.19. The van der Waals surface area contributed by atoms with E-state index >= 15 is 0 Å². The molecule has 1 aromatic rings. The maximum Gasteiger partial charge on any atom is 0.282 e. The smallest absolute Gasteiger partial charge is 0.282 e. The summed E-state index contributed by atoms with van der Waals surface area (Å²) in [6.07, 6.45) is 3.01. The van der Waals surface area contributed by atoms with Gasteiger partial charge in [0.15, 0.2) is 0 Å². The fourth-order valence-corrected chi connectivity index (χ4v) is 2.88. The van der Waals surface area contributed by atoms with Crippen molar-refractivity contribution in [1.29, 1.82) is 0 Å². The molecule has 1 heterocycles. The zero-order valence-electron chi connectivity index (χ0n) is 10.7. The summed E-state index contributed by atoms with van der Waals surface area (Å²) in [5, 5.41) is 3.35. The predicted octanol–water partition coefficient (Wildman–Crippen LogP) is 1.69. The van der Waals surface area contributed by atoms with Crippen LogP contribution in [0.2, 0.25) is 0 Å². The predicted molar refractivity (Wildman–Crippen MR) is 72.9 cm³/mol. The second-order valence-electron chi connectivity index (χ2n) is 5.15. The molecule has 0 radical (unpaired) electrons. The summed E-state index contributed by atoms with van der Waals surface area (Å²) in [7, 11) is 0. The van der Waals surface area contributed by atoms with Crippen LogP contribution in [0.4, 0.5) is 5.69 Å². The quantitative estimate of drug-likeness (QED) is 0.833. The summed E-state index contributed by atoms with van der Waals surface area (Å²) in [6, 6.07) is 6.96. The van der Waals surface area contributed by atoms with Gasteiger partial charge in [-0.05, 0) is 43.0 Å². The molecular weight excluding hydrogens is 226 g/mol. The number of amidine groups is 1. The Morgan fingerprint density at radius 2 is 2.33 bits per heavy atom. The number of rotatable bonds is 2. The van der Waals surface area contributed by atoms with Gasteiger partial charge in [-0.1, -0.05) is 6.07 Å². The van der Waals surface area contributed by atoms with Crippen molar-refractivity contribution in [2.45, 2.75) is 31.7 Å². The zero-order chi connectivity index (χ0) is 12.6. The molecule has 3 rings (SSSR count). The fraction of sp³-hybridized carbons (Fsp3) is 0.500. The average Bonchev–Trinajstić information content (AvgIpc) is 2.71. The number of nitrogens with two attached hydrogens (primary N) is 1. The maximum absolute atomic E-state index is 5.64. The van der Waals surface area contributed by atoms with Crippen molar-refractivity contribution in [3.05, 3.63) is 29.3 Å². The van der Waals surface area contributed by atoms with Gasteiger partial charge in [-0.2, -0.15) is 0 Å². The van der Waals surface area contributed by atoms with Crippen molar-refractivity contribution in [2.24, 2.45) is 10.7 Å². The van der Waals surface area contributed by atoms with Crippen LogP contribution in [0.5, 0.6) is 0 Å². The molecule has 1 atom stereocenters. The first-order valence-electron chi connectivity index (χ1n) is 6.55. The molecule has 4 heteroatoms. The summed E-state index contributed by atoms with van der Waals surface area (Å²) in [5.74, 6) is 0. The average molecular weight is 245 g/mol. The minimum absolute atomic E-state index is 0.100. The highest BCUT2D eigenvalue weighted by atomic mass is 16.5. The van der Waals surface area contributed by atoms with Gasteiger partial charge in [0.05, 0.1) is 0 Å². The summed E-state index contributed by atoms with van der Waals surface area (Å²) in [4.78, 5) is 4.49. The number of hydrogen-bond acceptors (Lipinski definition) is 4. The first-order chi connectivity index (χ1) is 8.71. The van der Waals surface area contributed by atoms with Crippen LogP contribution in [0.3, 0.4) is 0 Å². The molecule has 1 spiro atoms. The van der Waals surface area contributed by atoms with E-state index in [1.54, 1.807) is 0 Å². The molecule has 0 aromatic heterocycles.